The van der Waals surface area contributed by atoms with Gasteiger partial charge in [0.2, 0.25) is 0 Å². The molecule has 0 aliphatic heterocycles. The largest absolute Gasteiger partial charge is 0.481 e. The molecule has 1 N–H and O–H groups in total. The SMILES string of the molecule is Cc1ccc([N+](=O)[O-])c(NC(=O)COc2c(Cl)cccc2Cl)c1C. The number of nitro groups is 1. The maximum atomic E-state index is 12.1. The monoisotopic (exact) mass is 368 g/mol. The third kappa shape index (κ3) is 3.96. The number of halogens is 2. The number of nitrogens with one attached hydrogen (secondary N) is 1. The van der Waals surface area contributed by atoms with Gasteiger partial charge in [0.1, 0.15) is 5.69 Å². The number of amides is 1. The third-order valence-corrected chi connectivity index (χ3v) is 4.04. The second-order valence-electron chi connectivity index (χ2n) is 5.05. The first-order valence-electron chi connectivity index (χ1n) is 6.92. The summed E-state index contributed by atoms with van der Waals surface area (Å²) < 4.78 is 5.33. The number of carbonyl (C=O) groups excluding carboxylic acids is 1. The molecule has 0 spiro atoms. The molecule has 0 saturated carbocycles. The number of nitro benzene ring substituents is 1. The van der Waals surface area contributed by atoms with Crippen molar-refractivity contribution >= 4 is 40.5 Å². The molecule has 6 nitrogen and oxygen atoms in total. The number of carbonyl (C=O) groups is 1. The zero-order chi connectivity index (χ0) is 17.9. The first kappa shape index (κ1) is 18.0. The molecule has 0 fully saturated rings. The average molecular weight is 369 g/mol. The number of para-hydroxylation sites is 1. The van der Waals surface area contributed by atoms with Crippen LogP contribution in [0.1, 0.15) is 11.1 Å². The molecule has 0 aromatic heterocycles. The minimum absolute atomic E-state index is 0.152. The number of nitrogens with zero attached hydrogens (tertiary/aromatic N) is 1. The summed E-state index contributed by atoms with van der Waals surface area (Å²) in [5.74, 6) is -0.366. The highest BCUT2D eigenvalue weighted by Gasteiger charge is 2.20. The van der Waals surface area contributed by atoms with E-state index in [-0.39, 0.29) is 33.8 Å². The van der Waals surface area contributed by atoms with Gasteiger partial charge in [0.25, 0.3) is 11.6 Å². The van der Waals surface area contributed by atoms with E-state index in [9.17, 15) is 14.9 Å². The highest BCUT2D eigenvalue weighted by atomic mass is 35.5. The van der Waals surface area contributed by atoms with E-state index in [0.29, 0.717) is 5.56 Å². The molecule has 1 amide bonds. The van der Waals surface area contributed by atoms with Gasteiger partial charge >= 0.3 is 0 Å². The van der Waals surface area contributed by atoms with Crippen LogP contribution in [0.2, 0.25) is 10.0 Å². The zero-order valence-corrected chi connectivity index (χ0v) is 14.4. The summed E-state index contributed by atoms with van der Waals surface area (Å²) in [5, 5.41) is 14.2. The van der Waals surface area contributed by atoms with Gasteiger partial charge in [-0.15, -0.1) is 0 Å². The molecule has 0 aliphatic carbocycles. The molecule has 0 radical (unpaired) electrons. The molecule has 2 rings (SSSR count). The topological polar surface area (TPSA) is 81.5 Å². The van der Waals surface area contributed by atoms with E-state index in [1.54, 1.807) is 38.1 Å². The van der Waals surface area contributed by atoms with Gasteiger partial charge in [0, 0.05) is 6.07 Å². The van der Waals surface area contributed by atoms with Crippen molar-refractivity contribution in [2.45, 2.75) is 13.8 Å². The van der Waals surface area contributed by atoms with Crippen molar-refractivity contribution in [3.63, 3.8) is 0 Å². The summed E-state index contributed by atoms with van der Waals surface area (Å²) >= 11 is 11.9. The zero-order valence-electron chi connectivity index (χ0n) is 12.9. The number of aryl methyl sites for hydroxylation is 1. The summed E-state index contributed by atoms with van der Waals surface area (Å²) in [6, 6.07) is 7.79. The number of ether oxygens (including phenoxy) is 1. The Labute approximate surface area is 148 Å². The predicted molar refractivity (Wildman–Crippen MR) is 93.2 cm³/mol. The van der Waals surface area contributed by atoms with Crippen LogP contribution in [-0.2, 0) is 4.79 Å². The van der Waals surface area contributed by atoms with Crippen molar-refractivity contribution in [3.8, 4) is 5.75 Å². The Kier molecular flexibility index (Phi) is 5.64. The Hall–Kier alpha value is -2.31. The van der Waals surface area contributed by atoms with E-state index in [1.165, 1.54) is 6.07 Å². The van der Waals surface area contributed by atoms with Crippen LogP contribution in [0.25, 0.3) is 0 Å². The lowest BCUT2D eigenvalue weighted by Crippen LogP contribution is -2.21. The van der Waals surface area contributed by atoms with Crippen LogP contribution in [0, 0.1) is 24.0 Å². The van der Waals surface area contributed by atoms with E-state index in [4.69, 9.17) is 27.9 Å². The van der Waals surface area contributed by atoms with E-state index in [1.807, 2.05) is 0 Å². The number of hydrogen-bond donors (Lipinski definition) is 1. The van der Waals surface area contributed by atoms with Crippen LogP contribution in [0.5, 0.6) is 5.75 Å². The molecule has 0 unspecified atom stereocenters. The second kappa shape index (κ2) is 7.51. The van der Waals surface area contributed by atoms with Crippen molar-refractivity contribution in [2.24, 2.45) is 0 Å². The summed E-state index contributed by atoms with van der Waals surface area (Å²) in [5.41, 5.74) is 1.42. The molecule has 0 aliphatic rings. The van der Waals surface area contributed by atoms with Crippen LogP contribution < -0.4 is 10.1 Å². The van der Waals surface area contributed by atoms with Crippen LogP contribution in [0.3, 0.4) is 0 Å². The van der Waals surface area contributed by atoms with Gasteiger partial charge in [0.15, 0.2) is 12.4 Å². The Bertz CT molecular complexity index is 789. The normalized spacial score (nSPS) is 10.3. The molecule has 0 saturated heterocycles. The molecule has 2 aromatic rings. The molecular formula is C16H14Cl2N2O4. The van der Waals surface area contributed by atoms with E-state index >= 15 is 0 Å². The lowest BCUT2D eigenvalue weighted by molar-refractivity contribution is -0.384. The van der Waals surface area contributed by atoms with Crippen LogP contribution in [-0.4, -0.2) is 17.4 Å². The summed E-state index contributed by atoms with van der Waals surface area (Å²) in [6.07, 6.45) is 0. The van der Waals surface area contributed by atoms with Crippen molar-refractivity contribution in [2.75, 3.05) is 11.9 Å². The van der Waals surface area contributed by atoms with E-state index < -0.39 is 10.8 Å². The maximum Gasteiger partial charge on any atom is 0.293 e. The Morgan fingerprint density at radius 2 is 1.83 bits per heavy atom. The molecule has 126 valence electrons. The molecule has 8 heteroatoms. The number of anilines is 1. The minimum Gasteiger partial charge on any atom is -0.481 e. The Morgan fingerprint density at radius 1 is 1.21 bits per heavy atom. The summed E-state index contributed by atoms with van der Waals surface area (Å²) in [7, 11) is 0. The van der Waals surface area contributed by atoms with Crippen LogP contribution >= 0.6 is 23.2 Å². The van der Waals surface area contributed by atoms with Crippen molar-refractivity contribution in [1.29, 1.82) is 0 Å². The molecular weight excluding hydrogens is 355 g/mol. The standard InChI is InChI=1S/C16H14Cl2N2O4/c1-9-6-7-13(20(22)23)15(10(9)2)19-14(21)8-24-16-11(17)4-3-5-12(16)18/h3-7H,8H2,1-2H3,(H,19,21). The quantitative estimate of drug-likeness (QED) is 0.620. The highest BCUT2D eigenvalue weighted by Crippen LogP contribution is 2.33. The van der Waals surface area contributed by atoms with E-state index in [2.05, 4.69) is 5.32 Å². The summed E-state index contributed by atoms with van der Waals surface area (Å²) in [6.45, 7) is 3.12. The van der Waals surface area contributed by atoms with Gasteiger partial charge in [-0.1, -0.05) is 35.3 Å². The van der Waals surface area contributed by atoms with Gasteiger partial charge in [-0.05, 0) is 37.1 Å². The highest BCUT2D eigenvalue weighted by molar-refractivity contribution is 6.37. The number of benzene rings is 2. The van der Waals surface area contributed by atoms with Crippen molar-refractivity contribution < 1.29 is 14.5 Å². The van der Waals surface area contributed by atoms with Gasteiger partial charge in [-0.25, -0.2) is 0 Å². The fourth-order valence-electron chi connectivity index (χ4n) is 2.05. The number of rotatable bonds is 5. The maximum absolute atomic E-state index is 12.1. The fourth-order valence-corrected chi connectivity index (χ4v) is 2.55. The first-order chi connectivity index (χ1) is 11.3. The Balaban J connectivity index is 2.16. The van der Waals surface area contributed by atoms with Gasteiger partial charge in [-0.2, -0.15) is 0 Å². The Morgan fingerprint density at radius 3 is 2.42 bits per heavy atom. The lowest BCUT2D eigenvalue weighted by Gasteiger charge is -2.12. The second-order valence-corrected chi connectivity index (χ2v) is 5.86. The average Bonchev–Trinajstić information content (AvgIpc) is 2.51. The molecule has 0 bridgehead atoms. The molecule has 0 atom stereocenters. The molecule has 0 heterocycles. The van der Waals surface area contributed by atoms with Crippen LogP contribution in [0.15, 0.2) is 30.3 Å². The summed E-state index contributed by atoms with van der Waals surface area (Å²) in [4.78, 5) is 22.7. The van der Waals surface area contributed by atoms with Crippen molar-refractivity contribution in [3.05, 3.63) is 61.6 Å². The lowest BCUT2D eigenvalue weighted by atomic mass is 10.1. The van der Waals surface area contributed by atoms with E-state index in [0.717, 1.165) is 5.56 Å². The van der Waals surface area contributed by atoms with Gasteiger partial charge < -0.3 is 10.1 Å². The fraction of sp³-hybridized carbons (Fsp3) is 0.188. The first-order valence-corrected chi connectivity index (χ1v) is 7.68. The minimum atomic E-state index is -0.553. The van der Waals surface area contributed by atoms with Crippen LogP contribution in [0.4, 0.5) is 11.4 Å². The van der Waals surface area contributed by atoms with Gasteiger partial charge in [-0.3, -0.25) is 14.9 Å². The molecule has 24 heavy (non-hydrogen) atoms. The number of hydrogen-bond acceptors (Lipinski definition) is 4. The predicted octanol–water partition coefficient (Wildman–Crippen LogP) is 4.54. The van der Waals surface area contributed by atoms with Crippen molar-refractivity contribution in [1.82, 2.24) is 0 Å². The smallest absolute Gasteiger partial charge is 0.293 e. The molecule has 2 aromatic carbocycles. The van der Waals surface area contributed by atoms with Gasteiger partial charge in [0.05, 0.1) is 15.0 Å². The third-order valence-electron chi connectivity index (χ3n) is 3.44.